The number of methoxy groups -OCH3 is 1. The molecule has 3 aliphatic rings. The number of rotatable bonds is 5. The highest BCUT2D eigenvalue weighted by Gasteiger charge is 2.44. The Morgan fingerprint density at radius 3 is 2.29 bits per heavy atom. The van der Waals surface area contributed by atoms with E-state index in [1.165, 1.54) is 71.5 Å². The van der Waals surface area contributed by atoms with Crippen LogP contribution in [-0.2, 0) is 4.74 Å². The smallest absolute Gasteiger partial charge is 0.0589 e. The summed E-state index contributed by atoms with van der Waals surface area (Å²) in [4.78, 5) is 7.79. The van der Waals surface area contributed by atoms with Gasteiger partial charge in [-0.05, 0) is 70.2 Å². The van der Waals surface area contributed by atoms with Crippen molar-refractivity contribution < 1.29 is 4.74 Å². The lowest BCUT2D eigenvalue weighted by Gasteiger charge is -2.55. The summed E-state index contributed by atoms with van der Waals surface area (Å²) in [6.45, 7) is 11.3. The van der Waals surface area contributed by atoms with E-state index in [1.54, 1.807) is 7.11 Å². The van der Waals surface area contributed by atoms with E-state index < -0.39 is 0 Å². The second-order valence-electron chi connectivity index (χ2n) is 7.75. The molecule has 0 unspecified atom stereocenters. The molecule has 3 aliphatic heterocycles. The average molecular weight is 295 g/mol. The Kier molecular flexibility index (Phi) is 5.20. The molecule has 3 fully saturated rings. The van der Waals surface area contributed by atoms with Crippen LogP contribution in [0.3, 0.4) is 0 Å². The van der Waals surface area contributed by atoms with Gasteiger partial charge in [0.05, 0.1) is 6.61 Å². The molecular weight excluding hydrogens is 262 g/mol. The molecular formula is C17H33N3O. The van der Waals surface area contributed by atoms with Crippen LogP contribution in [0.5, 0.6) is 0 Å². The molecule has 4 heteroatoms. The number of ether oxygens (including phenoxy) is 1. The molecule has 0 aliphatic carbocycles. The van der Waals surface area contributed by atoms with E-state index in [0.29, 0.717) is 5.41 Å². The SMILES string of the molecule is COCCN1CCC2(CC1)CN(CC1CCN(C)CC1)C2. The predicted molar refractivity (Wildman–Crippen MR) is 86.6 cm³/mol. The first-order valence-corrected chi connectivity index (χ1v) is 8.81. The van der Waals surface area contributed by atoms with Gasteiger partial charge in [-0.1, -0.05) is 0 Å². The standard InChI is InChI=1S/C17H33N3O/c1-18-7-3-16(4-8-18)13-20-14-17(15-20)5-9-19(10-6-17)11-12-21-2/h16H,3-15H2,1-2H3. The minimum Gasteiger partial charge on any atom is -0.383 e. The molecule has 0 aromatic rings. The van der Waals surface area contributed by atoms with Gasteiger partial charge in [-0.15, -0.1) is 0 Å². The van der Waals surface area contributed by atoms with Gasteiger partial charge in [0.2, 0.25) is 0 Å². The zero-order chi connectivity index (χ0) is 14.7. The number of likely N-dealkylation sites (tertiary alicyclic amines) is 3. The first-order valence-electron chi connectivity index (χ1n) is 8.81. The average Bonchev–Trinajstić information content (AvgIpc) is 2.47. The Hall–Kier alpha value is -0.160. The molecule has 0 aromatic heterocycles. The molecule has 0 radical (unpaired) electrons. The topological polar surface area (TPSA) is 19.0 Å². The van der Waals surface area contributed by atoms with Gasteiger partial charge in [-0.25, -0.2) is 0 Å². The Morgan fingerprint density at radius 2 is 1.67 bits per heavy atom. The number of hydrogen-bond donors (Lipinski definition) is 0. The van der Waals surface area contributed by atoms with Gasteiger partial charge < -0.3 is 19.4 Å². The van der Waals surface area contributed by atoms with Crippen molar-refractivity contribution in [2.75, 3.05) is 73.1 Å². The molecule has 0 saturated carbocycles. The lowest BCUT2D eigenvalue weighted by atomic mass is 9.71. The number of nitrogens with zero attached hydrogens (tertiary/aromatic N) is 3. The summed E-state index contributed by atoms with van der Waals surface area (Å²) in [6.07, 6.45) is 5.62. The fourth-order valence-corrected chi connectivity index (χ4v) is 4.43. The monoisotopic (exact) mass is 295 g/mol. The Morgan fingerprint density at radius 1 is 1.00 bits per heavy atom. The molecule has 4 nitrogen and oxygen atoms in total. The minimum atomic E-state index is 0.676. The van der Waals surface area contributed by atoms with Crippen LogP contribution in [0.4, 0.5) is 0 Å². The maximum absolute atomic E-state index is 5.19. The predicted octanol–water partition coefficient (Wildman–Crippen LogP) is 1.37. The molecule has 0 N–H and O–H groups in total. The van der Waals surface area contributed by atoms with Crippen LogP contribution >= 0.6 is 0 Å². The third-order valence-corrected chi connectivity index (χ3v) is 6.00. The lowest BCUT2D eigenvalue weighted by molar-refractivity contribution is -0.0584. The minimum absolute atomic E-state index is 0.676. The van der Waals surface area contributed by atoms with Crippen LogP contribution in [0.1, 0.15) is 25.7 Å². The van der Waals surface area contributed by atoms with Crippen molar-refractivity contribution in [2.45, 2.75) is 25.7 Å². The van der Waals surface area contributed by atoms with Gasteiger partial charge in [0.25, 0.3) is 0 Å². The molecule has 1 spiro atoms. The van der Waals surface area contributed by atoms with Crippen LogP contribution in [0.25, 0.3) is 0 Å². The maximum atomic E-state index is 5.19. The zero-order valence-electron chi connectivity index (χ0n) is 14.0. The molecule has 122 valence electrons. The van der Waals surface area contributed by atoms with Crippen molar-refractivity contribution in [3.05, 3.63) is 0 Å². The molecule has 3 rings (SSSR count). The van der Waals surface area contributed by atoms with Crippen molar-refractivity contribution in [3.63, 3.8) is 0 Å². The Labute approximate surface area is 130 Å². The summed E-state index contributed by atoms with van der Waals surface area (Å²) in [6, 6.07) is 0. The second kappa shape index (κ2) is 6.95. The van der Waals surface area contributed by atoms with Crippen LogP contribution in [0, 0.1) is 11.3 Å². The highest BCUT2D eigenvalue weighted by molar-refractivity contribution is 4.98. The van der Waals surface area contributed by atoms with Crippen molar-refractivity contribution in [1.29, 1.82) is 0 Å². The largest absolute Gasteiger partial charge is 0.383 e. The quantitative estimate of drug-likeness (QED) is 0.762. The molecule has 0 bridgehead atoms. The Balaban J connectivity index is 1.34. The van der Waals surface area contributed by atoms with Gasteiger partial charge in [-0.3, -0.25) is 0 Å². The van der Waals surface area contributed by atoms with E-state index in [0.717, 1.165) is 19.1 Å². The van der Waals surface area contributed by atoms with Gasteiger partial charge in [0.1, 0.15) is 0 Å². The zero-order valence-corrected chi connectivity index (χ0v) is 14.0. The van der Waals surface area contributed by atoms with Crippen molar-refractivity contribution in [1.82, 2.24) is 14.7 Å². The molecule has 0 atom stereocenters. The second-order valence-corrected chi connectivity index (χ2v) is 7.75. The van der Waals surface area contributed by atoms with E-state index in [1.807, 2.05) is 0 Å². The summed E-state index contributed by atoms with van der Waals surface area (Å²) in [5, 5.41) is 0. The summed E-state index contributed by atoms with van der Waals surface area (Å²) < 4.78 is 5.19. The lowest BCUT2D eigenvalue weighted by Crippen LogP contribution is -2.61. The molecule has 3 heterocycles. The van der Waals surface area contributed by atoms with E-state index in [2.05, 4.69) is 21.7 Å². The highest BCUT2D eigenvalue weighted by atomic mass is 16.5. The van der Waals surface area contributed by atoms with Crippen LogP contribution < -0.4 is 0 Å². The number of piperidine rings is 2. The van der Waals surface area contributed by atoms with Gasteiger partial charge in [0.15, 0.2) is 0 Å². The maximum Gasteiger partial charge on any atom is 0.0589 e. The van der Waals surface area contributed by atoms with E-state index in [-0.39, 0.29) is 0 Å². The summed E-state index contributed by atoms with van der Waals surface area (Å²) >= 11 is 0. The van der Waals surface area contributed by atoms with E-state index in [9.17, 15) is 0 Å². The fraction of sp³-hybridized carbons (Fsp3) is 1.00. The van der Waals surface area contributed by atoms with E-state index >= 15 is 0 Å². The van der Waals surface area contributed by atoms with Crippen LogP contribution in [-0.4, -0.2) is 87.8 Å². The van der Waals surface area contributed by atoms with Gasteiger partial charge in [0, 0.05) is 33.3 Å². The third-order valence-electron chi connectivity index (χ3n) is 6.00. The molecule has 21 heavy (non-hydrogen) atoms. The van der Waals surface area contributed by atoms with Crippen molar-refractivity contribution in [2.24, 2.45) is 11.3 Å². The Bertz CT molecular complexity index is 312. The van der Waals surface area contributed by atoms with Crippen molar-refractivity contribution in [3.8, 4) is 0 Å². The van der Waals surface area contributed by atoms with Crippen LogP contribution in [0.2, 0.25) is 0 Å². The highest BCUT2D eigenvalue weighted by Crippen LogP contribution is 2.41. The third kappa shape index (κ3) is 3.98. The normalized spacial score (nSPS) is 28.9. The molecule has 0 aromatic carbocycles. The summed E-state index contributed by atoms with van der Waals surface area (Å²) in [5.41, 5.74) is 0.676. The summed E-state index contributed by atoms with van der Waals surface area (Å²) in [5.74, 6) is 0.959. The molecule has 3 saturated heterocycles. The van der Waals surface area contributed by atoms with E-state index in [4.69, 9.17) is 4.74 Å². The van der Waals surface area contributed by atoms with Crippen LogP contribution in [0.15, 0.2) is 0 Å². The van der Waals surface area contributed by atoms with Gasteiger partial charge >= 0.3 is 0 Å². The van der Waals surface area contributed by atoms with Gasteiger partial charge in [-0.2, -0.15) is 0 Å². The molecule has 0 amide bonds. The first-order chi connectivity index (χ1) is 10.2. The fourth-order valence-electron chi connectivity index (χ4n) is 4.43. The van der Waals surface area contributed by atoms with Crippen molar-refractivity contribution >= 4 is 0 Å². The summed E-state index contributed by atoms with van der Waals surface area (Å²) in [7, 11) is 4.06. The number of hydrogen-bond acceptors (Lipinski definition) is 4. The first kappa shape index (κ1) is 15.7.